The van der Waals surface area contributed by atoms with Crippen LogP contribution >= 0.6 is 0 Å². The maximum Gasteiger partial charge on any atom is 0.224 e. The highest BCUT2D eigenvalue weighted by Gasteiger charge is 2.18. The summed E-state index contributed by atoms with van der Waals surface area (Å²) in [5.74, 6) is 1.62. The maximum atomic E-state index is 4.85. The molecule has 168 valence electrons. The first-order chi connectivity index (χ1) is 15.3. The lowest BCUT2D eigenvalue weighted by molar-refractivity contribution is 0.220. The van der Waals surface area contributed by atoms with Crippen molar-refractivity contribution in [2.75, 3.05) is 30.3 Å². The van der Waals surface area contributed by atoms with Crippen LogP contribution in [0.1, 0.15) is 76.7 Å². The molecule has 4 rings (SSSR count). The van der Waals surface area contributed by atoms with Crippen molar-refractivity contribution in [3.8, 4) is 11.3 Å². The highest BCUT2D eigenvalue weighted by molar-refractivity contribution is 5.72. The fraction of sp³-hybridized carbons (Fsp3) is 0.640. The number of anilines is 2. The normalized spacial score (nSPS) is 18.1. The van der Waals surface area contributed by atoms with Gasteiger partial charge in [-0.1, -0.05) is 45.1 Å². The molecule has 2 aliphatic rings. The third kappa shape index (κ3) is 6.39. The van der Waals surface area contributed by atoms with Crippen molar-refractivity contribution in [2.24, 2.45) is 0 Å². The molecular formula is C25H38N6. The van der Waals surface area contributed by atoms with E-state index in [4.69, 9.17) is 9.97 Å². The minimum absolute atomic E-state index is 0.490. The van der Waals surface area contributed by atoms with Crippen LogP contribution in [0.25, 0.3) is 11.3 Å². The standard InChI is InChI=1S/C25H38N6/c1-2-3-14-26-25-28-18-22(24(30-25)29-21-10-6-4-7-11-21)23-13-12-20(17-27-23)19-31-15-8-5-9-16-31/h12-13,17-18,21H,2-11,14-16,19H2,1H3,(H2,26,28,29,30). The van der Waals surface area contributed by atoms with Gasteiger partial charge in [-0.05, 0) is 56.8 Å². The van der Waals surface area contributed by atoms with Gasteiger partial charge in [0, 0.05) is 31.5 Å². The summed E-state index contributed by atoms with van der Waals surface area (Å²) < 4.78 is 0. The molecule has 0 spiro atoms. The lowest BCUT2D eigenvalue weighted by atomic mass is 9.95. The molecule has 2 fully saturated rings. The van der Waals surface area contributed by atoms with Crippen LogP contribution in [0.4, 0.5) is 11.8 Å². The van der Waals surface area contributed by atoms with Crippen LogP contribution in [-0.2, 0) is 6.54 Å². The van der Waals surface area contributed by atoms with E-state index in [0.29, 0.717) is 12.0 Å². The maximum absolute atomic E-state index is 4.85. The molecule has 3 heterocycles. The second-order valence-electron chi connectivity index (χ2n) is 9.10. The number of unbranched alkanes of at least 4 members (excludes halogenated alkanes) is 1. The Morgan fingerprint density at radius 1 is 0.968 bits per heavy atom. The van der Waals surface area contributed by atoms with Gasteiger partial charge in [0.1, 0.15) is 5.82 Å². The number of aromatic nitrogens is 3. The van der Waals surface area contributed by atoms with Crippen LogP contribution in [0.15, 0.2) is 24.5 Å². The van der Waals surface area contributed by atoms with Gasteiger partial charge in [-0.2, -0.15) is 4.98 Å². The summed E-state index contributed by atoms with van der Waals surface area (Å²) in [6.07, 6.45) is 16.6. The van der Waals surface area contributed by atoms with Crippen molar-refractivity contribution in [1.82, 2.24) is 19.9 Å². The van der Waals surface area contributed by atoms with Crippen molar-refractivity contribution in [3.05, 3.63) is 30.1 Å². The molecule has 1 saturated heterocycles. The molecule has 6 heteroatoms. The molecule has 0 aromatic carbocycles. The van der Waals surface area contributed by atoms with Crippen LogP contribution in [0, 0.1) is 0 Å². The van der Waals surface area contributed by atoms with E-state index in [1.165, 1.54) is 70.0 Å². The summed E-state index contributed by atoms with van der Waals surface area (Å²) in [5, 5.41) is 7.09. The Morgan fingerprint density at radius 2 is 1.77 bits per heavy atom. The summed E-state index contributed by atoms with van der Waals surface area (Å²) >= 11 is 0. The molecule has 31 heavy (non-hydrogen) atoms. The lowest BCUT2D eigenvalue weighted by Crippen LogP contribution is -2.29. The highest BCUT2D eigenvalue weighted by atomic mass is 15.1. The van der Waals surface area contributed by atoms with E-state index >= 15 is 0 Å². The SMILES string of the molecule is CCCCNc1ncc(-c2ccc(CN3CCCCC3)cn2)c(NC2CCCCC2)n1. The van der Waals surface area contributed by atoms with E-state index in [0.717, 1.165) is 43.0 Å². The van der Waals surface area contributed by atoms with Crippen molar-refractivity contribution in [3.63, 3.8) is 0 Å². The van der Waals surface area contributed by atoms with E-state index in [1.807, 2.05) is 12.4 Å². The molecule has 0 unspecified atom stereocenters. The molecular weight excluding hydrogens is 384 g/mol. The Labute approximate surface area is 187 Å². The number of nitrogens with zero attached hydrogens (tertiary/aromatic N) is 4. The smallest absolute Gasteiger partial charge is 0.224 e. The van der Waals surface area contributed by atoms with Crippen molar-refractivity contribution in [1.29, 1.82) is 0 Å². The van der Waals surface area contributed by atoms with E-state index in [2.05, 4.69) is 39.6 Å². The molecule has 0 atom stereocenters. The minimum atomic E-state index is 0.490. The Hall–Kier alpha value is -2.21. The van der Waals surface area contributed by atoms with E-state index in [-0.39, 0.29) is 0 Å². The lowest BCUT2D eigenvalue weighted by Gasteiger charge is -2.26. The van der Waals surface area contributed by atoms with Gasteiger partial charge >= 0.3 is 0 Å². The third-order valence-electron chi connectivity index (χ3n) is 6.50. The van der Waals surface area contributed by atoms with Gasteiger partial charge in [-0.15, -0.1) is 0 Å². The fourth-order valence-electron chi connectivity index (χ4n) is 4.63. The first-order valence-electron chi connectivity index (χ1n) is 12.4. The van der Waals surface area contributed by atoms with Crippen LogP contribution in [0.5, 0.6) is 0 Å². The molecule has 0 radical (unpaired) electrons. The summed E-state index contributed by atoms with van der Waals surface area (Å²) in [4.78, 5) is 16.8. The van der Waals surface area contributed by atoms with Gasteiger partial charge in [0.25, 0.3) is 0 Å². The Balaban J connectivity index is 1.50. The fourth-order valence-corrected chi connectivity index (χ4v) is 4.63. The predicted octanol–water partition coefficient (Wildman–Crippen LogP) is 5.48. The summed E-state index contributed by atoms with van der Waals surface area (Å²) in [6.45, 7) is 6.51. The topological polar surface area (TPSA) is 66.0 Å². The number of nitrogens with one attached hydrogen (secondary N) is 2. The van der Waals surface area contributed by atoms with Crippen molar-refractivity contribution < 1.29 is 0 Å². The van der Waals surface area contributed by atoms with Crippen LogP contribution in [0.2, 0.25) is 0 Å². The second kappa shape index (κ2) is 11.4. The quantitative estimate of drug-likeness (QED) is 0.522. The Bertz CT molecular complexity index is 794. The van der Waals surface area contributed by atoms with Gasteiger partial charge in [0.15, 0.2) is 0 Å². The molecule has 1 saturated carbocycles. The number of likely N-dealkylation sites (tertiary alicyclic amines) is 1. The van der Waals surface area contributed by atoms with Gasteiger partial charge < -0.3 is 10.6 Å². The number of hydrogen-bond acceptors (Lipinski definition) is 6. The van der Waals surface area contributed by atoms with Gasteiger partial charge in [-0.3, -0.25) is 9.88 Å². The number of pyridine rings is 1. The van der Waals surface area contributed by atoms with Gasteiger partial charge in [-0.25, -0.2) is 4.98 Å². The third-order valence-corrected chi connectivity index (χ3v) is 6.50. The largest absolute Gasteiger partial charge is 0.367 e. The second-order valence-corrected chi connectivity index (χ2v) is 9.10. The Morgan fingerprint density at radius 3 is 2.52 bits per heavy atom. The van der Waals surface area contributed by atoms with Gasteiger partial charge in [0.2, 0.25) is 5.95 Å². The number of piperidine rings is 1. The first kappa shape index (κ1) is 22.0. The van der Waals surface area contributed by atoms with Crippen molar-refractivity contribution in [2.45, 2.75) is 83.7 Å². The van der Waals surface area contributed by atoms with E-state index < -0.39 is 0 Å². The molecule has 1 aliphatic carbocycles. The zero-order chi connectivity index (χ0) is 21.3. The molecule has 6 nitrogen and oxygen atoms in total. The summed E-state index contributed by atoms with van der Waals surface area (Å²) in [7, 11) is 0. The number of rotatable bonds is 9. The number of hydrogen-bond donors (Lipinski definition) is 2. The molecule has 0 bridgehead atoms. The monoisotopic (exact) mass is 422 g/mol. The van der Waals surface area contributed by atoms with E-state index in [9.17, 15) is 0 Å². The molecule has 2 aromatic rings. The Kier molecular flexibility index (Phi) is 8.11. The van der Waals surface area contributed by atoms with Crippen LogP contribution < -0.4 is 10.6 Å². The van der Waals surface area contributed by atoms with E-state index in [1.54, 1.807) is 0 Å². The average Bonchev–Trinajstić information content (AvgIpc) is 2.82. The zero-order valence-corrected chi connectivity index (χ0v) is 19.1. The predicted molar refractivity (Wildman–Crippen MR) is 128 cm³/mol. The molecule has 0 amide bonds. The van der Waals surface area contributed by atoms with Crippen LogP contribution in [0.3, 0.4) is 0 Å². The summed E-state index contributed by atoms with van der Waals surface area (Å²) in [6, 6.07) is 4.84. The molecule has 1 aliphatic heterocycles. The summed E-state index contributed by atoms with van der Waals surface area (Å²) in [5.41, 5.74) is 3.23. The van der Waals surface area contributed by atoms with Crippen LogP contribution in [-0.4, -0.2) is 45.5 Å². The van der Waals surface area contributed by atoms with Crippen molar-refractivity contribution >= 4 is 11.8 Å². The van der Waals surface area contributed by atoms with Gasteiger partial charge in [0.05, 0.1) is 11.3 Å². The minimum Gasteiger partial charge on any atom is -0.367 e. The highest BCUT2D eigenvalue weighted by Crippen LogP contribution is 2.29. The molecule has 2 aromatic heterocycles. The zero-order valence-electron chi connectivity index (χ0n) is 19.1. The first-order valence-corrected chi connectivity index (χ1v) is 12.4. The molecule has 2 N–H and O–H groups in total. The average molecular weight is 423 g/mol.